The van der Waals surface area contributed by atoms with Crippen LogP contribution in [0.1, 0.15) is 45.3 Å². The Balaban J connectivity index is 3.01. The third kappa shape index (κ3) is 4.71. The highest BCUT2D eigenvalue weighted by atomic mass is 16.5. The van der Waals surface area contributed by atoms with Crippen molar-refractivity contribution in [1.82, 2.24) is 0 Å². The van der Waals surface area contributed by atoms with Crippen molar-refractivity contribution in [3.8, 4) is 0 Å². The molecule has 1 atom stereocenters. The molecule has 1 unspecified atom stereocenters. The molecule has 0 aliphatic heterocycles. The van der Waals surface area contributed by atoms with E-state index in [1.807, 2.05) is 25.1 Å². The van der Waals surface area contributed by atoms with Crippen LogP contribution in [-0.2, 0) is 9.47 Å². The van der Waals surface area contributed by atoms with E-state index in [1.165, 1.54) is 11.1 Å². The van der Waals surface area contributed by atoms with E-state index >= 15 is 0 Å². The fraction of sp³-hybridized carbons (Fsp3) is 0.529. The first-order valence-electron chi connectivity index (χ1n) is 6.91. The SMILES string of the molecule is COC(C)=C(CCC(C)C)C(OC)c1ccccc1. The molecule has 2 nitrogen and oxygen atoms in total. The summed E-state index contributed by atoms with van der Waals surface area (Å²) in [5.74, 6) is 1.64. The first kappa shape index (κ1) is 15.8. The summed E-state index contributed by atoms with van der Waals surface area (Å²) in [6, 6.07) is 10.3. The van der Waals surface area contributed by atoms with Gasteiger partial charge in [-0.05, 0) is 31.2 Å². The summed E-state index contributed by atoms with van der Waals surface area (Å²) in [7, 11) is 3.48. The van der Waals surface area contributed by atoms with Gasteiger partial charge in [-0.25, -0.2) is 0 Å². The molecule has 0 aromatic heterocycles. The highest BCUT2D eigenvalue weighted by Gasteiger charge is 2.19. The number of hydrogen-bond acceptors (Lipinski definition) is 2. The first-order chi connectivity index (χ1) is 9.10. The Morgan fingerprint density at radius 3 is 2.21 bits per heavy atom. The summed E-state index contributed by atoms with van der Waals surface area (Å²) in [5, 5.41) is 0. The molecule has 0 radical (unpaired) electrons. The molecule has 0 aliphatic rings. The Morgan fingerprint density at radius 2 is 1.74 bits per heavy atom. The van der Waals surface area contributed by atoms with Crippen molar-refractivity contribution in [2.45, 2.75) is 39.7 Å². The van der Waals surface area contributed by atoms with Crippen LogP contribution in [-0.4, -0.2) is 14.2 Å². The minimum atomic E-state index is -0.0140. The topological polar surface area (TPSA) is 18.5 Å². The van der Waals surface area contributed by atoms with Crippen molar-refractivity contribution >= 4 is 0 Å². The van der Waals surface area contributed by atoms with E-state index in [1.54, 1.807) is 14.2 Å². The van der Waals surface area contributed by atoms with Crippen molar-refractivity contribution in [2.24, 2.45) is 5.92 Å². The molecule has 0 amide bonds. The Kier molecular flexibility index (Phi) is 6.65. The van der Waals surface area contributed by atoms with E-state index in [9.17, 15) is 0 Å². The molecule has 1 aromatic rings. The molecule has 0 fully saturated rings. The third-order valence-corrected chi connectivity index (χ3v) is 3.40. The lowest BCUT2D eigenvalue weighted by molar-refractivity contribution is 0.121. The standard InChI is InChI=1S/C17H26O2/c1-13(2)11-12-16(14(3)18-4)17(19-5)15-9-7-6-8-10-15/h6-10,13,17H,11-12H2,1-5H3. The molecule has 0 heterocycles. The zero-order valence-corrected chi connectivity index (χ0v) is 12.8. The number of hydrogen-bond donors (Lipinski definition) is 0. The molecule has 0 saturated heterocycles. The van der Waals surface area contributed by atoms with E-state index < -0.39 is 0 Å². The molecule has 1 rings (SSSR count). The predicted molar refractivity (Wildman–Crippen MR) is 80.0 cm³/mol. The van der Waals surface area contributed by atoms with E-state index in [4.69, 9.17) is 9.47 Å². The van der Waals surface area contributed by atoms with Crippen LogP contribution in [0.15, 0.2) is 41.7 Å². The quantitative estimate of drug-likeness (QED) is 0.661. The normalized spacial score (nSPS) is 14.2. The molecular weight excluding hydrogens is 236 g/mol. The van der Waals surface area contributed by atoms with E-state index in [0.29, 0.717) is 5.92 Å². The summed E-state index contributed by atoms with van der Waals surface area (Å²) in [6.07, 6.45) is 2.13. The smallest absolute Gasteiger partial charge is 0.107 e. The van der Waals surface area contributed by atoms with Crippen LogP contribution in [0.2, 0.25) is 0 Å². The van der Waals surface area contributed by atoms with Gasteiger partial charge in [0.2, 0.25) is 0 Å². The van der Waals surface area contributed by atoms with Gasteiger partial charge in [0.25, 0.3) is 0 Å². The van der Waals surface area contributed by atoms with E-state index in [0.717, 1.165) is 18.6 Å². The van der Waals surface area contributed by atoms with Crippen molar-refractivity contribution in [3.05, 3.63) is 47.2 Å². The van der Waals surface area contributed by atoms with Crippen molar-refractivity contribution in [3.63, 3.8) is 0 Å². The highest BCUT2D eigenvalue weighted by molar-refractivity contribution is 5.27. The molecule has 0 bridgehead atoms. The second-order valence-corrected chi connectivity index (χ2v) is 5.24. The van der Waals surface area contributed by atoms with Crippen molar-refractivity contribution in [2.75, 3.05) is 14.2 Å². The number of methoxy groups -OCH3 is 2. The Labute approximate surface area is 117 Å². The van der Waals surface area contributed by atoms with Crippen LogP contribution < -0.4 is 0 Å². The minimum Gasteiger partial charge on any atom is -0.501 e. The van der Waals surface area contributed by atoms with Gasteiger partial charge >= 0.3 is 0 Å². The number of ether oxygens (including phenoxy) is 2. The fourth-order valence-electron chi connectivity index (χ4n) is 2.17. The molecule has 0 saturated carbocycles. The molecule has 2 heteroatoms. The minimum absolute atomic E-state index is 0.0140. The maximum Gasteiger partial charge on any atom is 0.107 e. The largest absolute Gasteiger partial charge is 0.501 e. The van der Waals surface area contributed by atoms with Crippen LogP contribution in [0.4, 0.5) is 0 Å². The summed E-state index contributed by atoms with van der Waals surface area (Å²) in [5.41, 5.74) is 2.42. The van der Waals surface area contributed by atoms with Crippen LogP contribution in [0, 0.1) is 5.92 Å². The van der Waals surface area contributed by atoms with Gasteiger partial charge in [0, 0.05) is 12.7 Å². The molecule has 0 aliphatic carbocycles. The highest BCUT2D eigenvalue weighted by Crippen LogP contribution is 2.31. The fourth-order valence-corrected chi connectivity index (χ4v) is 2.17. The van der Waals surface area contributed by atoms with Crippen LogP contribution in [0.3, 0.4) is 0 Å². The number of allylic oxidation sites excluding steroid dienone is 1. The predicted octanol–water partition coefficient (Wildman–Crippen LogP) is 4.73. The maximum absolute atomic E-state index is 5.72. The lowest BCUT2D eigenvalue weighted by Gasteiger charge is -2.22. The molecule has 0 N–H and O–H groups in total. The lowest BCUT2D eigenvalue weighted by Crippen LogP contribution is -2.09. The zero-order chi connectivity index (χ0) is 14.3. The summed E-state index contributed by atoms with van der Waals surface area (Å²) >= 11 is 0. The second kappa shape index (κ2) is 8.00. The monoisotopic (exact) mass is 262 g/mol. The summed E-state index contributed by atoms with van der Waals surface area (Å²) in [6.45, 7) is 6.50. The third-order valence-electron chi connectivity index (χ3n) is 3.40. The van der Waals surface area contributed by atoms with Gasteiger partial charge in [-0.1, -0.05) is 44.2 Å². The second-order valence-electron chi connectivity index (χ2n) is 5.24. The van der Waals surface area contributed by atoms with Gasteiger partial charge in [-0.3, -0.25) is 0 Å². The van der Waals surface area contributed by atoms with Gasteiger partial charge < -0.3 is 9.47 Å². The zero-order valence-electron chi connectivity index (χ0n) is 12.8. The summed E-state index contributed by atoms with van der Waals surface area (Å²) < 4.78 is 11.2. The molecule has 19 heavy (non-hydrogen) atoms. The summed E-state index contributed by atoms with van der Waals surface area (Å²) in [4.78, 5) is 0. The lowest BCUT2D eigenvalue weighted by atomic mass is 9.94. The van der Waals surface area contributed by atoms with Crippen LogP contribution in [0.25, 0.3) is 0 Å². The number of rotatable bonds is 7. The van der Waals surface area contributed by atoms with Crippen LogP contribution >= 0.6 is 0 Å². The van der Waals surface area contributed by atoms with Gasteiger partial charge in [-0.15, -0.1) is 0 Å². The van der Waals surface area contributed by atoms with Gasteiger partial charge in [0.15, 0.2) is 0 Å². The maximum atomic E-state index is 5.72. The average molecular weight is 262 g/mol. The van der Waals surface area contributed by atoms with Crippen LogP contribution in [0.5, 0.6) is 0 Å². The van der Waals surface area contributed by atoms with Crippen molar-refractivity contribution < 1.29 is 9.47 Å². The van der Waals surface area contributed by atoms with Gasteiger partial charge in [0.05, 0.1) is 12.9 Å². The number of benzene rings is 1. The molecule has 1 aromatic carbocycles. The van der Waals surface area contributed by atoms with Gasteiger partial charge in [-0.2, -0.15) is 0 Å². The van der Waals surface area contributed by atoms with E-state index in [2.05, 4.69) is 26.0 Å². The Morgan fingerprint density at radius 1 is 1.11 bits per heavy atom. The average Bonchev–Trinajstić information content (AvgIpc) is 2.43. The molecule has 0 spiro atoms. The van der Waals surface area contributed by atoms with Crippen molar-refractivity contribution in [1.29, 1.82) is 0 Å². The molecular formula is C17H26O2. The van der Waals surface area contributed by atoms with Gasteiger partial charge in [0.1, 0.15) is 6.10 Å². The Bertz CT molecular complexity index is 393. The Hall–Kier alpha value is -1.28. The first-order valence-corrected chi connectivity index (χ1v) is 6.91. The molecule has 106 valence electrons. The van der Waals surface area contributed by atoms with E-state index in [-0.39, 0.29) is 6.10 Å².